The maximum atomic E-state index is 12.1. The molecule has 0 bridgehead atoms. The molecule has 2 N–H and O–H groups in total. The Balaban J connectivity index is 2.18. The van der Waals surface area contributed by atoms with Crippen molar-refractivity contribution in [1.29, 1.82) is 0 Å². The Morgan fingerprint density at radius 2 is 1.75 bits per heavy atom. The minimum Gasteiger partial charge on any atom is -0.378 e. The molecule has 1 aromatic carbocycles. The van der Waals surface area contributed by atoms with Crippen molar-refractivity contribution in [3.8, 4) is 0 Å². The average Bonchev–Trinajstić information content (AvgIpc) is 2.56. The normalized spacial score (nSPS) is 17.9. The number of nitrogens with one attached hydrogen (secondary N) is 2. The zero-order chi connectivity index (χ0) is 17.7. The summed E-state index contributed by atoms with van der Waals surface area (Å²) >= 11 is 0. The van der Waals surface area contributed by atoms with Gasteiger partial charge in [-0.3, -0.25) is 0 Å². The minimum absolute atomic E-state index is 0.0960. The summed E-state index contributed by atoms with van der Waals surface area (Å²) in [4.78, 5) is 3.42. The standard InChI is InChI=1S/C17H29N3O3S/c1-14(2)24(21,22)18-13-17(20-9-11-23-12-10-20)15-5-7-16(8-6-15)19(3)4/h5-8,14,17-18H,9-13H2,1-4H3/p+1/t17-/m1/s1. The van der Waals surface area contributed by atoms with Crippen LogP contribution in [0.4, 0.5) is 5.69 Å². The van der Waals surface area contributed by atoms with Crippen LogP contribution >= 0.6 is 0 Å². The van der Waals surface area contributed by atoms with E-state index in [4.69, 9.17) is 4.74 Å². The van der Waals surface area contributed by atoms with Gasteiger partial charge in [-0.2, -0.15) is 0 Å². The monoisotopic (exact) mass is 356 g/mol. The van der Waals surface area contributed by atoms with Crippen molar-refractivity contribution in [3.63, 3.8) is 0 Å². The lowest BCUT2D eigenvalue weighted by atomic mass is 10.0. The molecule has 1 aliphatic heterocycles. The van der Waals surface area contributed by atoms with Gasteiger partial charge in [-0.15, -0.1) is 0 Å². The fourth-order valence-electron chi connectivity index (χ4n) is 2.85. The Morgan fingerprint density at radius 3 is 2.25 bits per heavy atom. The van der Waals surface area contributed by atoms with Crippen molar-refractivity contribution >= 4 is 15.7 Å². The topological polar surface area (TPSA) is 63.1 Å². The number of anilines is 1. The van der Waals surface area contributed by atoms with Gasteiger partial charge in [0, 0.05) is 25.3 Å². The molecule has 0 aliphatic carbocycles. The first-order chi connectivity index (χ1) is 11.3. The fourth-order valence-corrected chi connectivity index (χ4v) is 3.58. The van der Waals surface area contributed by atoms with Crippen LogP contribution in [-0.4, -0.2) is 60.6 Å². The maximum Gasteiger partial charge on any atom is 0.214 e. The molecule has 1 heterocycles. The van der Waals surface area contributed by atoms with Gasteiger partial charge in [-0.05, 0) is 26.0 Å². The van der Waals surface area contributed by atoms with E-state index in [2.05, 4.69) is 33.9 Å². The van der Waals surface area contributed by atoms with E-state index in [0.717, 1.165) is 37.6 Å². The third kappa shape index (κ3) is 4.92. The number of morpholine rings is 1. The first-order valence-electron chi connectivity index (χ1n) is 8.49. The quantitative estimate of drug-likeness (QED) is 0.724. The Bertz CT molecular complexity index is 608. The molecule has 136 valence electrons. The van der Waals surface area contributed by atoms with E-state index in [0.29, 0.717) is 6.54 Å². The summed E-state index contributed by atoms with van der Waals surface area (Å²) in [6, 6.07) is 8.47. The molecule has 0 aromatic heterocycles. The van der Waals surface area contributed by atoms with E-state index in [1.165, 1.54) is 4.90 Å². The molecule has 24 heavy (non-hydrogen) atoms. The molecule has 1 fully saturated rings. The highest BCUT2D eigenvalue weighted by Crippen LogP contribution is 2.17. The molecule has 1 saturated heterocycles. The van der Waals surface area contributed by atoms with Crippen LogP contribution in [0.3, 0.4) is 0 Å². The molecule has 0 amide bonds. The van der Waals surface area contributed by atoms with Gasteiger partial charge < -0.3 is 14.5 Å². The van der Waals surface area contributed by atoms with Gasteiger partial charge in [0.15, 0.2) is 0 Å². The molecular weight excluding hydrogens is 326 g/mol. The molecular formula is C17H30N3O3S+. The number of quaternary nitrogens is 1. The van der Waals surface area contributed by atoms with E-state index in [-0.39, 0.29) is 6.04 Å². The van der Waals surface area contributed by atoms with E-state index < -0.39 is 15.3 Å². The minimum atomic E-state index is -3.26. The first-order valence-corrected chi connectivity index (χ1v) is 10.0. The van der Waals surface area contributed by atoms with Crippen molar-refractivity contribution in [2.75, 3.05) is 51.8 Å². The lowest BCUT2D eigenvalue weighted by Gasteiger charge is -2.32. The number of rotatable bonds is 7. The van der Waals surface area contributed by atoms with E-state index in [1.54, 1.807) is 13.8 Å². The number of benzene rings is 1. The van der Waals surface area contributed by atoms with Crippen LogP contribution in [-0.2, 0) is 14.8 Å². The largest absolute Gasteiger partial charge is 0.378 e. The summed E-state index contributed by atoms with van der Waals surface area (Å²) in [5.41, 5.74) is 2.29. The lowest BCUT2D eigenvalue weighted by Crippen LogP contribution is -3.15. The highest BCUT2D eigenvalue weighted by molar-refractivity contribution is 7.90. The second-order valence-electron chi connectivity index (χ2n) is 6.75. The van der Waals surface area contributed by atoms with Gasteiger partial charge in [0.2, 0.25) is 10.0 Å². The number of hydrogen-bond donors (Lipinski definition) is 2. The van der Waals surface area contributed by atoms with Gasteiger partial charge in [0.25, 0.3) is 0 Å². The fraction of sp³-hybridized carbons (Fsp3) is 0.647. The summed E-state index contributed by atoms with van der Waals surface area (Å²) in [6.45, 7) is 7.04. The van der Waals surface area contributed by atoms with Crippen molar-refractivity contribution in [1.82, 2.24) is 4.72 Å². The number of nitrogens with zero attached hydrogens (tertiary/aromatic N) is 1. The Hall–Kier alpha value is -1.15. The third-order valence-corrected chi connectivity index (χ3v) is 6.36. The predicted molar refractivity (Wildman–Crippen MR) is 97.1 cm³/mol. The zero-order valence-corrected chi connectivity index (χ0v) is 15.9. The van der Waals surface area contributed by atoms with Crippen molar-refractivity contribution in [2.45, 2.75) is 25.1 Å². The first kappa shape index (κ1) is 19.2. The van der Waals surface area contributed by atoms with Gasteiger partial charge in [-0.1, -0.05) is 12.1 Å². The molecule has 1 aliphatic rings. The van der Waals surface area contributed by atoms with Gasteiger partial charge in [0.05, 0.1) is 25.0 Å². The van der Waals surface area contributed by atoms with Crippen LogP contribution in [0, 0.1) is 0 Å². The van der Waals surface area contributed by atoms with Crippen molar-refractivity contribution in [2.24, 2.45) is 0 Å². The zero-order valence-electron chi connectivity index (χ0n) is 15.1. The summed E-state index contributed by atoms with van der Waals surface area (Å²) in [5.74, 6) is 0. The van der Waals surface area contributed by atoms with Crippen molar-refractivity contribution < 1.29 is 18.1 Å². The molecule has 0 radical (unpaired) electrons. The third-order valence-electron chi connectivity index (χ3n) is 4.55. The highest BCUT2D eigenvalue weighted by Gasteiger charge is 2.28. The van der Waals surface area contributed by atoms with Crippen LogP contribution in [0.25, 0.3) is 0 Å². The molecule has 0 unspecified atom stereocenters. The number of sulfonamides is 1. The lowest BCUT2D eigenvalue weighted by molar-refractivity contribution is -0.937. The molecule has 2 rings (SSSR count). The van der Waals surface area contributed by atoms with Crippen LogP contribution < -0.4 is 14.5 Å². The Labute approximate surface area is 145 Å². The van der Waals surface area contributed by atoms with Gasteiger partial charge in [-0.25, -0.2) is 13.1 Å². The van der Waals surface area contributed by atoms with Crippen molar-refractivity contribution in [3.05, 3.63) is 29.8 Å². The predicted octanol–water partition coefficient (Wildman–Crippen LogP) is 0.0366. The Morgan fingerprint density at radius 1 is 1.17 bits per heavy atom. The Kier molecular flexibility index (Phi) is 6.62. The van der Waals surface area contributed by atoms with E-state index in [1.807, 2.05) is 14.1 Å². The number of hydrogen-bond acceptors (Lipinski definition) is 4. The van der Waals surface area contributed by atoms with Crippen LogP contribution in [0.1, 0.15) is 25.5 Å². The van der Waals surface area contributed by atoms with E-state index in [9.17, 15) is 8.42 Å². The second kappa shape index (κ2) is 8.29. The van der Waals surface area contributed by atoms with Crippen LogP contribution in [0.2, 0.25) is 0 Å². The molecule has 6 nitrogen and oxygen atoms in total. The summed E-state index contributed by atoms with van der Waals surface area (Å²) < 4.78 is 32.5. The van der Waals surface area contributed by atoms with E-state index >= 15 is 0 Å². The molecule has 1 atom stereocenters. The van der Waals surface area contributed by atoms with Crippen LogP contribution in [0.5, 0.6) is 0 Å². The number of ether oxygens (including phenoxy) is 1. The molecule has 0 spiro atoms. The van der Waals surface area contributed by atoms with Gasteiger partial charge >= 0.3 is 0 Å². The molecule has 7 heteroatoms. The summed E-state index contributed by atoms with van der Waals surface area (Å²) in [6.07, 6.45) is 0. The maximum absolute atomic E-state index is 12.1. The molecule has 0 saturated carbocycles. The van der Waals surface area contributed by atoms with Gasteiger partial charge in [0.1, 0.15) is 19.1 Å². The average molecular weight is 357 g/mol. The SMILES string of the molecule is CC(C)S(=O)(=O)NC[C@H](c1ccc(N(C)C)cc1)[NH+]1CCOCC1. The smallest absolute Gasteiger partial charge is 0.214 e. The summed E-state index contributed by atoms with van der Waals surface area (Å²) in [7, 11) is 0.756. The van der Waals surface area contributed by atoms with Crippen LogP contribution in [0.15, 0.2) is 24.3 Å². The molecule has 1 aromatic rings. The second-order valence-corrected chi connectivity index (χ2v) is 9.07. The highest BCUT2D eigenvalue weighted by atomic mass is 32.2. The summed E-state index contributed by atoms with van der Waals surface area (Å²) in [5, 5.41) is -0.422.